The molecule has 0 amide bonds. The zero-order chi connectivity index (χ0) is 21.0. The Labute approximate surface area is 170 Å². The summed E-state index contributed by atoms with van der Waals surface area (Å²) in [6.07, 6.45) is 5.19. The molecule has 1 fully saturated rings. The summed E-state index contributed by atoms with van der Waals surface area (Å²) in [5.74, 6) is -2.59. The van der Waals surface area contributed by atoms with Gasteiger partial charge in [0.1, 0.15) is 12.4 Å². The third-order valence-corrected chi connectivity index (χ3v) is 5.55. The van der Waals surface area contributed by atoms with Gasteiger partial charge >= 0.3 is 0 Å². The molecule has 156 valence electrons. The van der Waals surface area contributed by atoms with Crippen LogP contribution in [0.4, 0.5) is 20.4 Å². The van der Waals surface area contributed by atoms with Gasteiger partial charge in [-0.2, -0.15) is 15.2 Å². The highest BCUT2D eigenvalue weighted by Gasteiger charge is 2.46. The molecule has 0 aromatic carbocycles. The number of aryl methyl sites for hydroxylation is 2. The van der Waals surface area contributed by atoms with Gasteiger partial charge in [-0.3, -0.25) is 0 Å². The first-order valence-electron chi connectivity index (χ1n) is 9.67. The van der Waals surface area contributed by atoms with Crippen LogP contribution in [0.5, 0.6) is 0 Å². The number of nitrogens with one attached hydrogen (secondary N) is 1. The molecule has 4 aromatic heterocycles. The topological polar surface area (TPSA) is 89.1 Å². The lowest BCUT2D eigenvalue weighted by Gasteiger charge is -2.36. The van der Waals surface area contributed by atoms with Crippen molar-refractivity contribution in [1.82, 2.24) is 39.2 Å². The van der Waals surface area contributed by atoms with Crippen molar-refractivity contribution in [3.8, 4) is 0 Å². The van der Waals surface area contributed by atoms with Gasteiger partial charge in [-0.25, -0.2) is 27.9 Å². The summed E-state index contributed by atoms with van der Waals surface area (Å²) in [5.41, 5.74) is 3.45. The fourth-order valence-corrected chi connectivity index (χ4v) is 3.95. The molecule has 0 radical (unpaired) electrons. The molecule has 1 unspecified atom stereocenters. The highest BCUT2D eigenvalue weighted by molar-refractivity contribution is 5.79. The van der Waals surface area contributed by atoms with Crippen LogP contribution >= 0.6 is 0 Å². The molecule has 0 bridgehead atoms. The van der Waals surface area contributed by atoms with Gasteiger partial charge in [-0.1, -0.05) is 0 Å². The maximum absolute atomic E-state index is 14.8. The van der Waals surface area contributed by atoms with E-state index in [2.05, 4.69) is 30.5 Å². The van der Waals surface area contributed by atoms with Crippen molar-refractivity contribution in [3.63, 3.8) is 0 Å². The van der Waals surface area contributed by atoms with E-state index in [1.165, 1.54) is 11.0 Å². The van der Waals surface area contributed by atoms with E-state index in [1.54, 1.807) is 35.8 Å². The Balaban J connectivity index is 1.55. The van der Waals surface area contributed by atoms with E-state index < -0.39 is 12.0 Å². The Kier molecular flexibility index (Phi) is 4.17. The van der Waals surface area contributed by atoms with Gasteiger partial charge in [-0.15, -0.1) is 0 Å². The Bertz CT molecular complexity index is 1250. The molecule has 0 aliphatic carbocycles. The van der Waals surface area contributed by atoms with E-state index in [-0.39, 0.29) is 6.54 Å². The van der Waals surface area contributed by atoms with Crippen molar-refractivity contribution in [3.05, 3.63) is 36.0 Å². The summed E-state index contributed by atoms with van der Waals surface area (Å²) in [7, 11) is 1.70. The monoisotopic (exact) mass is 413 g/mol. The molecule has 0 spiro atoms. The maximum atomic E-state index is 14.8. The molecule has 1 atom stereocenters. The summed E-state index contributed by atoms with van der Waals surface area (Å²) in [6, 6.07) is 0.849. The fraction of sp³-hybridized carbons (Fsp3) is 0.421. The Morgan fingerprint density at radius 2 is 2.07 bits per heavy atom. The van der Waals surface area contributed by atoms with Gasteiger partial charge in [0.25, 0.3) is 5.92 Å². The van der Waals surface area contributed by atoms with Crippen LogP contribution < -0.4 is 5.32 Å². The number of likely N-dealkylation sites (tertiary alicyclic amines) is 1. The van der Waals surface area contributed by atoms with Crippen LogP contribution in [-0.4, -0.2) is 65.3 Å². The number of alkyl halides is 2. The number of fused-ring (bicyclic) bond motifs is 2. The maximum Gasteiger partial charge on any atom is 0.282 e. The number of rotatable bonds is 3. The average molecular weight is 413 g/mol. The number of piperidine rings is 1. The minimum Gasteiger partial charge on any atom is -0.323 e. The predicted molar refractivity (Wildman–Crippen MR) is 107 cm³/mol. The van der Waals surface area contributed by atoms with Crippen LogP contribution in [0.1, 0.15) is 23.7 Å². The Morgan fingerprint density at radius 1 is 1.23 bits per heavy atom. The van der Waals surface area contributed by atoms with Gasteiger partial charge < -0.3 is 10.2 Å². The molecule has 0 saturated carbocycles. The van der Waals surface area contributed by atoms with E-state index >= 15 is 0 Å². The summed E-state index contributed by atoms with van der Waals surface area (Å²) in [5, 5.41) is 12.4. The lowest BCUT2D eigenvalue weighted by atomic mass is 10.0. The van der Waals surface area contributed by atoms with Crippen molar-refractivity contribution in [1.29, 1.82) is 0 Å². The number of nitrogens with zero attached hydrogens (tertiary/aromatic N) is 8. The van der Waals surface area contributed by atoms with E-state index in [1.807, 2.05) is 13.0 Å². The SMILES string of the molecule is Cc1cc2ncnn2cc1Nc1ncc2c(C)nn(C3CCN(C)CC3(F)F)c2n1. The average Bonchev–Trinajstić information content (AvgIpc) is 3.25. The third-order valence-electron chi connectivity index (χ3n) is 5.55. The standard InChI is InChI=1S/C19H21F2N9/c1-11-6-16-23-10-24-29(16)8-14(11)25-18-22-7-13-12(2)27-30(17(13)26-18)15-4-5-28(3)9-19(15,20)21/h6-8,10,15H,4-5,9H2,1-3H3,(H,22,25,26). The van der Waals surface area contributed by atoms with Crippen LogP contribution in [0.2, 0.25) is 0 Å². The molecular weight excluding hydrogens is 392 g/mol. The molecule has 4 aromatic rings. The highest BCUT2D eigenvalue weighted by atomic mass is 19.3. The molecule has 5 heterocycles. The van der Waals surface area contributed by atoms with Crippen LogP contribution in [0.3, 0.4) is 0 Å². The second-order valence-corrected chi connectivity index (χ2v) is 7.82. The van der Waals surface area contributed by atoms with Crippen LogP contribution in [0.15, 0.2) is 24.8 Å². The van der Waals surface area contributed by atoms with Crippen LogP contribution in [-0.2, 0) is 0 Å². The van der Waals surface area contributed by atoms with Crippen molar-refractivity contribution in [2.45, 2.75) is 32.2 Å². The van der Waals surface area contributed by atoms with Crippen LogP contribution in [0, 0.1) is 13.8 Å². The molecule has 1 aliphatic rings. The normalized spacial score (nSPS) is 19.6. The van der Waals surface area contributed by atoms with Crippen molar-refractivity contribution < 1.29 is 8.78 Å². The van der Waals surface area contributed by atoms with E-state index in [9.17, 15) is 8.78 Å². The number of hydrogen-bond acceptors (Lipinski definition) is 7. The molecule has 30 heavy (non-hydrogen) atoms. The first-order chi connectivity index (χ1) is 14.3. The fourth-order valence-electron chi connectivity index (χ4n) is 3.95. The second-order valence-electron chi connectivity index (χ2n) is 7.82. The first-order valence-corrected chi connectivity index (χ1v) is 9.67. The Hall–Kier alpha value is -3.21. The molecule has 11 heteroatoms. The van der Waals surface area contributed by atoms with Crippen molar-refractivity contribution >= 4 is 28.3 Å². The second kappa shape index (κ2) is 6.66. The number of pyridine rings is 1. The zero-order valence-corrected chi connectivity index (χ0v) is 16.8. The summed E-state index contributed by atoms with van der Waals surface area (Å²) in [4.78, 5) is 14.7. The largest absolute Gasteiger partial charge is 0.323 e. The van der Waals surface area contributed by atoms with E-state index in [0.29, 0.717) is 35.6 Å². The lowest BCUT2D eigenvalue weighted by Crippen LogP contribution is -2.48. The molecule has 1 aliphatic heterocycles. The molecule has 5 rings (SSSR count). The minimum absolute atomic E-state index is 0.300. The first kappa shape index (κ1) is 18.8. The quantitative estimate of drug-likeness (QED) is 0.552. The number of aromatic nitrogens is 7. The summed E-state index contributed by atoms with van der Waals surface area (Å²) in [6.45, 7) is 3.99. The summed E-state index contributed by atoms with van der Waals surface area (Å²) < 4.78 is 32.6. The van der Waals surface area contributed by atoms with Gasteiger partial charge in [0.2, 0.25) is 5.95 Å². The molecule has 1 N–H and O–H groups in total. The number of halogens is 2. The van der Waals surface area contributed by atoms with Gasteiger partial charge in [0.05, 0.1) is 29.5 Å². The zero-order valence-electron chi connectivity index (χ0n) is 16.8. The predicted octanol–water partition coefficient (Wildman–Crippen LogP) is 2.74. The van der Waals surface area contributed by atoms with Crippen molar-refractivity contribution in [2.24, 2.45) is 0 Å². The van der Waals surface area contributed by atoms with Crippen molar-refractivity contribution in [2.75, 3.05) is 25.5 Å². The van der Waals surface area contributed by atoms with Crippen LogP contribution in [0.25, 0.3) is 16.7 Å². The summed E-state index contributed by atoms with van der Waals surface area (Å²) >= 11 is 0. The molecule has 9 nitrogen and oxygen atoms in total. The Morgan fingerprint density at radius 3 is 2.87 bits per heavy atom. The third kappa shape index (κ3) is 3.05. The van der Waals surface area contributed by atoms with Gasteiger partial charge in [-0.05, 0) is 38.9 Å². The number of anilines is 2. The molecular formula is C19H21F2N9. The van der Waals surface area contributed by atoms with E-state index in [4.69, 9.17) is 0 Å². The number of hydrogen-bond donors (Lipinski definition) is 1. The highest BCUT2D eigenvalue weighted by Crippen LogP contribution is 2.37. The smallest absolute Gasteiger partial charge is 0.282 e. The molecule has 1 saturated heterocycles. The van der Waals surface area contributed by atoms with Gasteiger partial charge in [0, 0.05) is 12.7 Å². The lowest BCUT2D eigenvalue weighted by molar-refractivity contribution is -0.100. The van der Waals surface area contributed by atoms with E-state index in [0.717, 1.165) is 16.9 Å². The van der Waals surface area contributed by atoms with Gasteiger partial charge in [0.15, 0.2) is 11.3 Å². The minimum atomic E-state index is -2.90.